The predicted octanol–water partition coefficient (Wildman–Crippen LogP) is 5.51. The maximum Gasteiger partial charge on any atom is 0.00987 e. The molecule has 2 rings (SSSR count). The molecule has 1 N–H and O–H groups in total. The van der Waals surface area contributed by atoms with Crippen LogP contribution in [0.1, 0.15) is 64.2 Å². The Balaban J connectivity index is 1.83. The molecule has 0 aliphatic heterocycles. The first kappa shape index (κ1) is 17.0. The van der Waals surface area contributed by atoms with E-state index in [1.165, 1.54) is 51.5 Å². The minimum absolute atomic E-state index is 0.736. The van der Waals surface area contributed by atoms with Crippen molar-refractivity contribution in [2.45, 2.75) is 71.8 Å². The molecule has 1 atom stereocenters. The van der Waals surface area contributed by atoms with Gasteiger partial charge in [0.2, 0.25) is 0 Å². The molecule has 1 aliphatic carbocycles. The van der Waals surface area contributed by atoms with E-state index in [2.05, 4.69) is 43.6 Å². The molecule has 1 aromatic rings. The summed E-state index contributed by atoms with van der Waals surface area (Å²) in [6.45, 7) is 8.25. The third-order valence-electron chi connectivity index (χ3n) is 5.27. The Labute approximate surface area is 135 Å². The van der Waals surface area contributed by atoms with E-state index in [4.69, 9.17) is 0 Å². The third-order valence-corrected chi connectivity index (χ3v) is 6.20. The van der Waals surface area contributed by atoms with Crippen molar-refractivity contribution < 1.29 is 0 Å². The summed E-state index contributed by atoms with van der Waals surface area (Å²) in [7, 11) is 0. The Morgan fingerprint density at radius 3 is 2.48 bits per heavy atom. The normalized spacial score (nSPS) is 24.4. The fourth-order valence-electron chi connectivity index (χ4n) is 3.80. The zero-order valence-corrected chi connectivity index (χ0v) is 14.9. The number of rotatable bonds is 8. The van der Waals surface area contributed by atoms with Crippen molar-refractivity contribution in [3.8, 4) is 0 Å². The average molecular weight is 308 g/mol. The van der Waals surface area contributed by atoms with Crippen molar-refractivity contribution in [2.24, 2.45) is 17.8 Å². The van der Waals surface area contributed by atoms with Gasteiger partial charge in [0.15, 0.2) is 0 Å². The lowest BCUT2D eigenvalue weighted by Gasteiger charge is -2.36. The van der Waals surface area contributed by atoms with Gasteiger partial charge in [0, 0.05) is 10.9 Å². The van der Waals surface area contributed by atoms with Crippen LogP contribution in [0.4, 0.5) is 0 Å². The molecule has 0 spiro atoms. The Kier molecular flexibility index (Phi) is 7.25. The molecular weight excluding hydrogens is 274 g/mol. The second kappa shape index (κ2) is 8.95. The highest BCUT2D eigenvalue weighted by Gasteiger charge is 2.28. The smallest absolute Gasteiger partial charge is 0.00987 e. The Bertz CT molecular complexity index is 363. The van der Waals surface area contributed by atoms with Crippen LogP contribution in [0.5, 0.6) is 0 Å². The van der Waals surface area contributed by atoms with Crippen LogP contribution in [-0.4, -0.2) is 12.6 Å². The Morgan fingerprint density at radius 2 is 1.90 bits per heavy atom. The number of aryl methyl sites for hydroxylation is 1. The number of hydrogen-bond acceptors (Lipinski definition) is 2. The first-order valence-electron chi connectivity index (χ1n) is 8.96. The summed E-state index contributed by atoms with van der Waals surface area (Å²) in [5.74, 6) is 2.76. The highest BCUT2D eigenvalue weighted by molar-refractivity contribution is 7.09. The highest BCUT2D eigenvalue weighted by Crippen LogP contribution is 2.35. The summed E-state index contributed by atoms with van der Waals surface area (Å²) in [4.78, 5) is 1.55. The molecule has 2 heteroatoms. The van der Waals surface area contributed by atoms with E-state index in [9.17, 15) is 0 Å². The summed E-state index contributed by atoms with van der Waals surface area (Å²) in [5.41, 5.74) is 0. The van der Waals surface area contributed by atoms with Crippen molar-refractivity contribution in [2.75, 3.05) is 6.54 Å². The van der Waals surface area contributed by atoms with Gasteiger partial charge in [-0.2, -0.15) is 0 Å². The maximum atomic E-state index is 3.85. The molecule has 1 nitrogen and oxygen atoms in total. The second-order valence-electron chi connectivity index (χ2n) is 7.10. The van der Waals surface area contributed by atoms with Crippen LogP contribution in [0.2, 0.25) is 0 Å². The zero-order valence-electron chi connectivity index (χ0n) is 14.1. The fourth-order valence-corrected chi connectivity index (χ4v) is 4.53. The minimum Gasteiger partial charge on any atom is -0.314 e. The molecular formula is C19H33NS. The van der Waals surface area contributed by atoms with Gasteiger partial charge in [-0.05, 0) is 80.7 Å². The predicted molar refractivity (Wildman–Crippen MR) is 95.0 cm³/mol. The first-order chi connectivity index (χ1) is 10.2. The van der Waals surface area contributed by atoms with Gasteiger partial charge in [0.1, 0.15) is 0 Å². The molecule has 0 aromatic carbocycles. The topological polar surface area (TPSA) is 12.0 Å². The quantitative estimate of drug-likeness (QED) is 0.667. The summed E-state index contributed by atoms with van der Waals surface area (Å²) < 4.78 is 0. The fraction of sp³-hybridized carbons (Fsp3) is 0.789. The molecule has 0 saturated heterocycles. The van der Waals surface area contributed by atoms with E-state index in [1.54, 1.807) is 4.88 Å². The molecule has 1 aromatic heterocycles. The van der Waals surface area contributed by atoms with Gasteiger partial charge in [-0.1, -0.05) is 26.8 Å². The summed E-state index contributed by atoms with van der Waals surface area (Å²) in [6, 6.07) is 5.21. The molecule has 1 saturated carbocycles. The summed E-state index contributed by atoms with van der Waals surface area (Å²) in [5, 5.41) is 6.06. The molecule has 0 radical (unpaired) electrons. The maximum absolute atomic E-state index is 3.85. The van der Waals surface area contributed by atoms with E-state index < -0.39 is 0 Å². The number of thiophene rings is 1. The van der Waals surface area contributed by atoms with Gasteiger partial charge in [0.25, 0.3) is 0 Å². The van der Waals surface area contributed by atoms with Gasteiger partial charge in [-0.3, -0.25) is 0 Å². The lowest BCUT2D eigenvalue weighted by molar-refractivity contribution is 0.184. The van der Waals surface area contributed by atoms with E-state index in [0.717, 1.165) is 23.8 Å². The average Bonchev–Trinajstić information content (AvgIpc) is 3.01. The summed E-state index contributed by atoms with van der Waals surface area (Å²) >= 11 is 1.91. The Morgan fingerprint density at radius 1 is 1.19 bits per heavy atom. The van der Waals surface area contributed by atoms with Crippen molar-refractivity contribution >= 4 is 11.3 Å². The molecule has 120 valence electrons. The number of nitrogens with one attached hydrogen (secondary N) is 1. The number of hydrogen-bond donors (Lipinski definition) is 1. The van der Waals surface area contributed by atoms with Crippen LogP contribution in [-0.2, 0) is 6.42 Å². The van der Waals surface area contributed by atoms with Crippen LogP contribution >= 0.6 is 11.3 Å². The van der Waals surface area contributed by atoms with Crippen LogP contribution in [0.25, 0.3) is 0 Å². The van der Waals surface area contributed by atoms with Crippen molar-refractivity contribution in [3.05, 3.63) is 22.4 Å². The highest BCUT2D eigenvalue weighted by atomic mass is 32.1. The standard InChI is InChI=1S/C19H33NS/c1-4-13-20-19(12-11-18-6-5-14-21-18)17-9-7-16(8-10-17)15(2)3/h5-6,14-17,19-20H,4,7-13H2,1-3H3. The summed E-state index contributed by atoms with van der Waals surface area (Å²) in [6.07, 6.45) is 9.60. The molecule has 21 heavy (non-hydrogen) atoms. The molecule has 0 amide bonds. The molecule has 0 bridgehead atoms. The minimum atomic E-state index is 0.736. The van der Waals surface area contributed by atoms with E-state index in [1.807, 2.05) is 11.3 Å². The lowest BCUT2D eigenvalue weighted by atomic mass is 9.74. The van der Waals surface area contributed by atoms with Crippen LogP contribution in [0, 0.1) is 17.8 Å². The van der Waals surface area contributed by atoms with Gasteiger partial charge in [-0.25, -0.2) is 0 Å². The van der Waals surface area contributed by atoms with Crippen molar-refractivity contribution in [3.63, 3.8) is 0 Å². The molecule has 1 fully saturated rings. The van der Waals surface area contributed by atoms with Gasteiger partial charge >= 0.3 is 0 Å². The van der Waals surface area contributed by atoms with Gasteiger partial charge in [-0.15, -0.1) is 11.3 Å². The zero-order chi connectivity index (χ0) is 15.1. The van der Waals surface area contributed by atoms with Crippen LogP contribution < -0.4 is 5.32 Å². The molecule has 1 unspecified atom stereocenters. The van der Waals surface area contributed by atoms with Crippen molar-refractivity contribution in [1.82, 2.24) is 5.32 Å². The van der Waals surface area contributed by atoms with Crippen molar-refractivity contribution in [1.29, 1.82) is 0 Å². The first-order valence-corrected chi connectivity index (χ1v) is 9.84. The largest absolute Gasteiger partial charge is 0.314 e. The van der Waals surface area contributed by atoms with Gasteiger partial charge < -0.3 is 5.32 Å². The second-order valence-corrected chi connectivity index (χ2v) is 8.13. The van der Waals surface area contributed by atoms with Crippen LogP contribution in [0.3, 0.4) is 0 Å². The van der Waals surface area contributed by atoms with E-state index in [-0.39, 0.29) is 0 Å². The van der Waals surface area contributed by atoms with Gasteiger partial charge in [0.05, 0.1) is 0 Å². The lowest BCUT2D eigenvalue weighted by Crippen LogP contribution is -2.39. The Hall–Kier alpha value is -0.340. The van der Waals surface area contributed by atoms with E-state index >= 15 is 0 Å². The van der Waals surface area contributed by atoms with E-state index in [0.29, 0.717) is 0 Å². The molecule has 1 heterocycles. The van der Waals surface area contributed by atoms with Crippen LogP contribution in [0.15, 0.2) is 17.5 Å². The monoisotopic (exact) mass is 307 g/mol. The SMILES string of the molecule is CCCNC(CCc1cccs1)C1CCC(C(C)C)CC1. The third kappa shape index (κ3) is 5.41. The molecule has 1 aliphatic rings.